The molecule has 0 saturated carbocycles. The summed E-state index contributed by atoms with van der Waals surface area (Å²) in [4.78, 5) is 24.9. The molecule has 0 radical (unpaired) electrons. The van der Waals surface area contributed by atoms with Gasteiger partial charge in [0, 0.05) is 10.1 Å². The quantitative estimate of drug-likeness (QED) is 0.201. The number of methoxy groups -OCH3 is 2. The molecule has 0 bridgehead atoms. The summed E-state index contributed by atoms with van der Waals surface area (Å²) in [7, 11) is 2.96. The molecule has 9 heteroatoms. The van der Waals surface area contributed by atoms with E-state index in [1.165, 1.54) is 36.7 Å². The zero-order valence-electron chi connectivity index (χ0n) is 17.4. The lowest BCUT2D eigenvalue weighted by atomic mass is 10.1. The first-order chi connectivity index (χ1) is 15.4. The zero-order valence-corrected chi connectivity index (χ0v) is 19.0. The van der Waals surface area contributed by atoms with Gasteiger partial charge in [-0.15, -0.1) is 11.3 Å². The van der Waals surface area contributed by atoms with Crippen LogP contribution < -0.4 is 14.2 Å². The summed E-state index contributed by atoms with van der Waals surface area (Å²) >= 11 is 7.62. The van der Waals surface area contributed by atoms with Crippen molar-refractivity contribution in [1.82, 2.24) is 0 Å². The molecule has 0 atom stereocenters. The molecule has 0 fully saturated rings. The summed E-state index contributed by atoms with van der Waals surface area (Å²) in [5.41, 5.74) is 0.337. The van der Waals surface area contributed by atoms with Gasteiger partial charge in [-0.05, 0) is 48.9 Å². The van der Waals surface area contributed by atoms with E-state index in [1.54, 1.807) is 38.3 Å². The Labute approximate surface area is 193 Å². The van der Waals surface area contributed by atoms with Crippen LogP contribution in [0, 0.1) is 11.3 Å². The summed E-state index contributed by atoms with van der Waals surface area (Å²) in [6, 6.07) is 11.8. The molecular weight excluding hydrogens is 454 g/mol. The fourth-order valence-electron chi connectivity index (χ4n) is 2.82. The topological polar surface area (TPSA) is 94.9 Å². The Bertz CT molecular complexity index is 1260. The van der Waals surface area contributed by atoms with Gasteiger partial charge in [0.05, 0.1) is 25.8 Å². The van der Waals surface area contributed by atoms with Gasteiger partial charge in [0.15, 0.2) is 11.5 Å². The maximum absolute atomic E-state index is 12.8. The molecule has 0 aliphatic carbocycles. The molecule has 32 heavy (non-hydrogen) atoms. The van der Waals surface area contributed by atoms with Crippen molar-refractivity contribution < 1.29 is 28.5 Å². The SMILES string of the molecule is CCOC(=O)/C(C#N)=C/c1ccc(OC(=O)c2sc3ccc(OC)cc3c2Cl)c(OC)c1. The molecule has 0 amide bonds. The van der Waals surface area contributed by atoms with Crippen molar-refractivity contribution in [2.45, 2.75) is 6.92 Å². The zero-order chi connectivity index (χ0) is 23.3. The van der Waals surface area contributed by atoms with Crippen LogP contribution in [-0.2, 0) is 9.53 Å². The van der Waals surface area contributed by atoms with Crippen LogP contribution in [0.1, 0.15) is 22.2 Å². The highest BCUT2D eigenvalue weighted by Crippen LogP contribution is 2.38. The van der Waals surface area contributed by atoms with Crippen molar-refractivity contribution in [1.29, 1.82) is 5.26 Å². The molecule has 0 unspecified atom stereocenters. The third kappa shape index (κ3) is 4.85. The fraction of sp³-hybridized carbons (Fsp3) is 0.174. The van der Waals surface area contributed by atoms with Crippen LogP contribution >= 0.6 is 22.9 Å². The Kier molecular flexibility index (Phi) is 7.36. The second-order valence-electron chi connectivity index (χ2n) is 6.30. The summed E-state index contributed by atoms with van der Waals surface area (Å²) in [6.45, 7) is 1.81. The van der Waals surface area contributed by atoms with Crippen molar-refractivity contribution in [3.63, 3.8) is 0 Å². The van der Waals surface area contributed by atoms with Crippen LogP contribution in [0.3, 0.4) is 0 Å². The predicted molar refractivity (Wildman–Crippen MR) is 122 cm³/mol. The molecule has 0 aliphatic heterocycles. The van der Waals surface area contributed by atoms with Gasteiger partial charge in [-0.25, -0.2) is 9.59 Å². The molecule has 2 aromatic carbocycles. The monoisotopic (exact) mass is 471 g/mol. The number of nitrogens with zero attached hydrogens (tertiary/aromatic N) is 1. The number of hydrogen-bond donors (Lipinski definition) is 0. The minimum Gasteiger partial charge on any atom is -0.497 e. The Morgan fingerprint density at radius 3 is 2.56 bits per heavy atom. The highest BCUT2D eigenvalue weighted by molar-refractivity contribution is 7.21. The number of hydrogen-bond acceptors (Lipinski definition) is 8. The number of thiophene rings is 1. The van der Waals surface area contributed by atoms with E-state index in [2.05, 4.69) is 0 Å². The van der Waals surface area contributed by atoms with E-state index >= 15 is 0 Å². The smallest absolute Gasteiger partial charge is 0.355 e. The number of nitriles is 1. The number of benzene rings is 2. The summed E-state index contributed by atoms with van der Waals surface area (Å²) in [5, 5.41) is 10.2. The second-order valence-corrected chi connectivity index (χ2v) is 7.73. The number of halogens is 1. The van der Waals surface area contributed by atoms with Crippen LogP contribution in [0.25, 0.3) is 16.2 Å². The van der Waals surface area contributed by atoms with Crippen LogP contribution in [0.5, 0.6) is 17.2 Å². The molecule has 0 saturated heterocycles. The summed E-state index contributed by atoms with van der Waals surface area (Å²) in [5.74, 6) is -0.328. The van der Waals surface area contributed by atoms with Crippen LogP contribution in [0.4, 0.5) is 0 Å². The third-order valence-electron chi connectivity index (χ3n) is 4.34. The van der Waals surface area contributed by atoms with Crippen LogP contribution in [-0.4, -0.2) is 32.8 Å². The Morgan fingerprint density at radius 1 is 1.12 bits per heavy atom. The van der Waals surface area contributed by atoms with Crippen LogP contribution in [0.15, 0.2) is 42.0 Å². The van der Waals surface area contributed by atoms with Gasteiger partial charge in [-0.2, -0.15) is 5.26 Å². The van der Waals surface area contributed by atoms with Crippen molar-refractivity contribution in [3.8, 4) is 23.3 Å². The van der Waals surface area contributed by atoms with Gasteiger partial charge in [0.25, 0.3) is 0 Å². The molecule has 7 nitrogen and oxygen atoms in total. The van der Waals surface area contributed by atoms with E-state index < -0.39 is 11.9 Å². The number of carbonyl (C=O) groups is 2. The Hall–Kier alpha value is -3.54. The van der Waals surface area contributed by atoms with Gasteiger partial charge in [-0.3, -0.25) is 0 Å². The first-order valence-corrected chi connectivity index (χ1v) is 10.6. The van der Waals surface area contributed by atoms with Crippen molar-refractivity contribution in [3.05, 3.63) is 57.4 Å². The van der Waals surface area contributed by atoms with Gasteiger partial charge in [0.2, 0.25) is 0 Å². The van der Waals surface area contributed by atoms with E-state index in [4.69, 9.17) is 30.5 Å². The van der Waals surface area contributed by atoms with Gasteiger partial charge in [0.1, 0.15) is 22.3 Å². The largest absolute Gasteiger partial charge is 0.497 e. The highest BCUT2D eigenvalue weighted by Gasteiger charge is 2.21. The lowest BCUT2D eigenvalue weighted by Crippen LogP contribution is -2.08. The number of carbonyl (C=O) groups excluding carboxylic acids is 2. The van der Waals surface area contributed by atoms with E-state index in [0.717, 1.165) is 4.70 Å². The van der Waals surface area contributed by atoms with Gasteiger partial charge < -0.3 is 18.9 Å². The molecule has 1 heterocycles. The van der Waals surface area contributed by atoms with E-state index in [1.807, 2.05) is 6.07 Å². The van der Waals surface area contributed by atoms with Crippen molar-refractivity contribution in [2.75, 3.05) is 20.8 Å². The third-order valence-corrected chi connectivity index (χ3v) is 5.99. The minimum absolute atomic E-state index is 0.156. The Balaban J connectivity index is 1.88. The lowest BCUT2D eigenvalue weighted by Gasteiger charge is -2.10. The minimum atomic E-state index is -0.722. The van der Waals surface area contributed by atoms with Crippen molar-refractivity contribution >= 4 is 51.0 Å². The molecule has 0 spiro atoms. The molecular formula is C23H18ClNO6S. The van der Waals surface area contributed by atoms with E-state index in [-0.39, 0.29) is 33.6 Å². The number of fused-ring (bicyclic) bond motifs is 1. The first kappa shape index (κ1) is 23.1. The number of ether oxygens (including phenoxy) is 4. The fourth-order valence-corrected chi connectivity index (χ4v) is 4.18. The predicted octanol–water partition coefficient (Wildman–Crippen LogP) is 5.26. The Morgan fingerprint density at radius 2 is 1.91 bits per heavy atom. The standard InChI is InChI=1S/C23H18ClNO6S/c1-4-30-22(26)14(12-25)9-13-5-7-17(18(10-13)29-3)31-23(27)21-20(24)16-11-15(28-2)6-8-19(16)32-21/h5-11H,4H2,1-3H3/b14-9+. The highest BCUT2D eigenvalue weighted by atomic mass is 35.5. The van der Waals surface area contributed by atoms with Gasteiger partial charge >= 0.3 is 11.9 Å². The molecule has 0 N–H and O–H groups in total. The second kappa shape index (κ2) is 10.2. The molecule has 3 rings (SSSR count). The lowest BCUT2D eigenvalue weighted by molar-refractivity contribution is -0.137. The van der Waals surface area contributed by atoms with E-state index in [9.17, 15) is 14.9 Å². The number of esters is 2. The maximum Gasteiger partial charge on any atom is 0.355 e. The number of rotatable bonds is 7. The van der Waals surface area contributed by atoms with Crippen molar-refractivity contribution in [2.24, 2.45) is 0 Å². The molecule has 164 valence electrons. The molecule has 0 aliphatic rings. The average Bonchev–Trinajstić information content (AvgIpc) is 3.14. The summed E-state index contributed by atoms with van der Waals surface area (Å²) < 4.78 is 21.7. The summed E-state index contributed by atoms with van der Waals surface area (Å²) in [6.07, 6.45) is 1.36. The average molecular weight is 472 g/mol. The normalized spacial score (nSPS) is 11.0. The molecule has 1 aromatic heterocycles. The van der Waals surface area contributed by atoms with Gasteiger partial charge in [-0.1, -0.05) is 17.7 Å². The first-order valence-electron chi connectivity index (χ1n) is 9.37. The van der Waals surface area contributed by atoms with Crippen LogP contribution in [0.2, 0.25) is 5.02 Å². The molecule has 3 aromatic rings. The van der Waals surface area contributed by atoms with E-state index in [0.29, 0.717) is 16.7 Å². The maximum atomic E-state index is 12.8.